The van der Waals surface area contributed by atoms with Crippen molar-refractivity contribution in [3.63, 3.8) is 0 Å². The Hall–Kier alpha value is -3.07. The van der Waals surface area contributed by atoms with Crippen LogP contribution >= 0.6 is 0 Å². The number of pyridine rings is 1. The number of nitriles is 1. The van der Waals surface area contributed by atoms with E-state index in [-0.39, 0.29) is 35.8 Å². The average Bonchev–Trinajstić information content (AvgIpc) is 2.58. The maximum absolute atomic E-state index is 12.6. The van der Waals surface area contributed by atoms with Crippen LogP contribution in [-0.4, -0.2) is 22.1 Å². The summed E-state index contributed by atoms with van der Waals surface area (Å²) in [6.45, 7) is 7.08. The van der Waals surface area contributed by atoms with Crippen molar-refractivity contribution >= 4 is 5.78 Å². The summed E-state index contributed by atoms with van der Waals surface area (Å²) in [6, 6.07) is 9.05. The monoisotopic (exact) mass is 354 g/mol. The first-order valence-electron chi connectivity index (χ1n) is 8.35. The lowest BCUT2D eigenvalue weighted by Crippen LogP contribution is -2.29. The molecule has 0 aliphatic rings. The van der Waals surface area contributed by atoms with Crippen LogP contribution in [0.3, 0.4) is 0 Å². The molecule has 1 aromatic carbocycles. The molecule has 0 unspecified atom stereocenters. The number of nitrogens with zero attached hydrogens (tertiary/aromatic N) is 2. The van der Waals surface area contributed by atoms with Gasteiger partial charge in [-0.05, 0) is 37.5 Å². The number of ether oxygens (including phenoxy) is 1. The van der Waals surface area contributed by atoms with Crippen molar-refractivity contribution in [2.45, 2.75) is 34.2 Å². The number of ketones is 1. The highest BCUT2D eigenvalue weighted by molar-refractivity contribution is 6.01. The smallest absolute Gasteiger partial charge is 0.271 e. The van der Waals surface area contributed by atoms with Crippen LogP contribution in [0.15, 0.2) is 29.1 Å². The number of Topliss-reactive ketones (excluding diaryl/α,β-unsaturated/α-hetero) is 1. The topological polar surface area (TPSA) is 92.3 Å². The third kappa shape index (κ3) is 3.94. The Balaban J connectivity index is 2.40. The quantitative estimate of drug-likeness (QED) is 0.805. The van der Waals surface area contributed by atoms with Gasteiger partial charge in [-0.3, -0.25) is 14.2 Å². The minimum Gasteiger partial charge on any atom is -0.494 e. The van der Waals surface area contributed by atoms with Gasteiger partial charge >= 0.3 is 0 Å². The Kier molecular flexibility index (Phi) is 5.83. The van der Waals surface area contributed by atoms with Crippen molar-refractivity contribution in [2.24, 2.45) is 5.92 Å². The zero-order valence-electron chi connectivity index (χ0n) is 15.4. The van der Waals surface area contributed by atoms with Gasteiger partial charge in [-0.15, -0.1) is 0 Å². The maximum atomic E-state index is 12.6. The molecule has 26 heavy (non-hydrogen) atoms. The van der Waals surface area contributed by atoms with Crippen molar-refractivity contribution in [2.75, 3.05) is 6.61 Å². The molecule has 0 saturated carbocycles. The van der Waals surface area contributed by atoms with E-state index >= 15 is 0 Å². The van der Waals surface area contributed by atoms with E-state index in [0.29, 0.717) is 5.75 Å². The van der Waals surface area contributed by atoms with Crippen LogP contribution in [0, 0.1) is 31.1 Å². The molecule has 136 valence electrons. The molecule has 2 aromatic rings. The highest BCUT2D eigenvalue weighted by atomic mass is 16.5. The van der Waals surface area contributed by atoms with Gasteiger partial charge in [0.2, 0.25) is 11.7 Å². The van der Waals surface area contributed by atoms with E-state index in [2.05, 4.69) is 0 Å². The van der Waals surface area contributed by atoms with Crippen molar-refractivity contribution in [1.29, 1.82) is 5.26 Å². The summed E-state index contributed by atoms with van der Waals surface area (Å²) in [6.07, 6.45) is 0. The zero-order valence-corrected chi connectivity index (χ0v) is 15.4. The van der Waals surface area contributed by atoms with Gasteiger partial charge in [0.15, 0.2) is 6.61 Å². The first-order chi connectivity index (χ1) is 12.3. The third-order valence-electron chi connectivity index (χ3n) is 4.02. The van der Waals surface area contributed by atoms with Gasteiger partial charge in [0.25, 0.3) is 5.56 Å². The van der Waals surface area contributed by atoms with Gasteiger partial charge in [-0.25, -0.2) is 0 Å². The van der Waals surface area contributed by atoms with Gasteiger partial charge in [0, 0.05) is 6.54 Å². The highest BCUT2D eigenvalue weighted by Gasteiger charge is 2.24. The fraction of sp³-hybridized carbons (Fsp3) is 0.350. The first-order valence-corrected chi connectivity index (χ1v) is 8.35. The molecule has 0 saturated heterocycles. The number of aromatic hydroxyl groups is 1. The number of rotatable bonds is 6. The molecule has 0 atom stereocenters. The molecule has 0 amide bonds. The predicted octanol–water partition coefficient (Wildman–Crippen LogP) is 2.96. The van der Waals surface area contributed by atoms with E-state index < -0.39 is 17.2 Å². The second-order valence-electron chi connectivity index (χ2n) is 6.64. The van der Waals surface area contributed by atoms with Gasteiger partial charge in [0.05, 0.1) is 5.56 Å². The van der Waals surface area contributed by atoms with Gasteiger partial charge < -0.3 is 9.84 Å². The largest absolute Gasteiger partial charge is 0.494 e. The van der Waals surface area contributed by atoms with Gasteiger partial charge in [-0.2, -0.15) is 5.26 Å². The van der Waals surface area contributed by atoms with Gasteiger partial charge in [0.1, 0.15) is 17.4 Å². The number of hydrogen-bond acceptors (Lipinski definition) is 5. The molecule has 1 heterocycles. The number of aryl methyl sites for hydroxylation is 1. The molecule has 0 radical (unpaired) electrons. The van der Waals surface area contributed by atoms with Crippen molar-refractivity contribution in [3.8, 4) is 17.7 Å². The summed E-state index contributed by atoms with van der Waals surface area (Å²) >= 11 is 0. The van der Waals surface area contributed by atoms with Crippen LogP contribution in [-0.2, 0) is 6.54 Å². The van der Waals surface area contributed by atoms with E-state index in [1.807, 2.05) is 39.0 Å². The summed E-state index contributed by atoms with van der Waals surface area (Å²) in [7, 11) is 0. The average molecular weight is 354 g/mol. The van der Waals surface area contributed by atoms with Crippen LogP contribution in [0.5, 0.6) is 11.6 Å². The second-order valence-corrected chi connectivity index (χ2v) is 6.64. The molecule has 6 heteroatoms. The summed E-state index contributed by atoms with van der Waals surface area (Å²) in [5, 5.41) is 19.8. The lowest BCUT2D eigenvalue weighted by atomic mass is 10.0. The Morgan fingerprint density at radius 1 is 1.27 bits per heavy atom. The molecular weight excluding hydrogens is 332 g/mol. The number of aromatic nitrogens is 1. The summed E-state index contributed by atoms with van der Waals surface area (Å²) in [5.41, 5.74) is 0.465. The number of hydrogen-bond donors (Lipinski definition) is 1. The van der Waals surface area contributed by atoms with Crippen molar-refractivity contribution in [1.82, 2.24) is 4.57 Å². The maximum Gasteiger partial charge on any atom is 0.271 e. The highest BCUT2D eigenvalue weighted by Crippen LogP contribution is 2.23. The van der Waals surface area contributed by atoms with E-state index in [4.69, 9.17) is 4.74 Å². The standard InChI is InChI=1S/C20H22N2O4/c1-12(2)10-22-19(24)16(9-21)14(4)18(20(22)25)17(23)11-26-15-7-5-13(3)6-8-15/h5-8,12,25H,10-11H2,1-4H3. The molecule has 0 spiro atoms. The molecule has 1 aromatic heterocycles. The van der Waals surface area contributed by atoms with E-state index in [1.165, 1.54) is 6.92 Å². The molecule has 0 aliphatic heterocycles. The molecule has 6 nitrogen and oxygen atoms in total. The number of carbonyl (C=O) groups excluding carboxylic acids is 1. The SMILES string of the molecule is Cc1ccc(OCC(=O)c2c(C)c(C#N)c(=O)n(CC(C)C)c2O)cc1. The summed E-state index contributed by atoms with van der Waals surface area (Å²) < 4.78 is 6.56. The molecular formula is C20H22N2O4. The molecule has 0 fully saturated rings. The lowest BCUT2D eigenvalue weighted by Gasteiger charge is -2.17. The van der Waals surface area contributed by atoms with E-state index in [0.717, 1.165) is 10.1 Å². The van der Waals surface area contributed by atoms with Crippen LogP contribution in [0.4, 0.5) is 0 Å². The third-order valence-corrected chi connectivity index (χ3v) is 4.02. The lowest BCUT2D eigenvalue weighted by molar-refractivity contribution is 0.0916. The fourth-order valence-corrected chi connectivity index (χ4v) is 2.67. The van der Waals surface area contributed by atoms with E-state index in [1.54, 1.807) is 12.1 Å². The van der Waals surface area contributed by atoms with Gasteiger partial charge in [-0.1, -0.05) is 31.5 Å². The van der Waals surface area contributed by atoms with Crippen LogP contribution in [0.25, 0.3) is 0 Å². The Morgan fingerprint density at radius 2 is 1.88 bits per heavy atom. The first kappa shape index (κ1) is 19.3. The zero-order chi connectivity index (χ0) is 19.4. The Bertz CT molecular complexity index is 919. The van der Waals surface area contributed by atoms with Crippen molar-refractivity contribution in [3.05, 3.63) is 56.9 Å². The minimum atomic E-state index is -0.591. The van der Waals surface area contributed by atoms with Crippen LogP contribution < -0.4 is 10.3 Å². The van der Waals surface area contributed by atoms with E-state index in [9.17, 15) is 20.0 Å². The molecule has 0 aliphatic carbocycles. The number of benzene rings is 1. The fourth-order valence-electron chi connectivity index (χ4n) is 2.67. The van der Waals surface area contributed by atoms with Crippen LogP contribution in [0.2, 0.25) is 0 Å². The Labute approximate surface area is 152 Å². The molecule has 2 rings (SSSR count). The minimum absolute atomic E-state index is 0.0473. The summed E-state index contributed by atoms with van der Waals surface area (Å²) in [5.74, 6) is -0.330. The molecule has 1 N–H and O–H groups in total. The Morgan fingerprint density at radius 3 is 2.42 bits per heavy atom. The summed E-state index contributed by atoms with van der Waals surface area (Å²) in [4.78, 5) is 25.0. The van der Waals surface area contributed by atoms with Crippen LogP contribution in [0.1, 0.15) is 40.9 Å². The second kappa shape index (κ2) is 7.87. The van der Waals surface area contributed by atoms with Crippen molar-refractivity contribution < 1.29 is 14.6 Å². The predicted molar refractivity (Wildman–Crippen MR) is 97.7 cm³/mol. The number of carbonyl (C=O) groups is 1. The normalized spacial score (nSPS) is 10.6. The molecule has 0 bridgehead atoms.